The van der Waals surface area contributed by atoms with Gasteiger partial charge in [0.1, 0.15) is 0 Å². The molecule has 0 atom stereocenters. The van der Waals surface area contributed by atoms with Gasteiger partial charge in [0.25, 0.3) is 0 Å². The van der Waals surface area contributed by atoms with Crippen LogP contribution in [0.15, 0.2) is 12.3 Å². The Kier molecular flexibility index (Phi) is 3.67. The smallest absolute Gasteiger partial charge is 0.0599 e. The van der Waals surface area contributed by atoms with Crippen molar-refractivity contribution in [3.05, 3.63) is 29.1 Å². The SMILES string of the molecule is C#CCN(C)Cc1cnc(C)c(C)c1. The van der Waals surface area contributed by atoms with Gasteiger partial charge in [-0.3, -0.25) is 9.88 Å². The van der Waals surface area contributed by atoms with Gasteiger partial charge in [-0.1, -0.05) is 12.0 Å². The zero-order valence-electron chi connectivity index (χ0n) is 9.04. The van der Waals surface area contributed by atoms with Crippen LogP contribution in [0.5, 0.6) is 0 Å². The molecule has 0 fully saturated rings. The van der Waals surface area contributed by atoms with E-state index in [-0.39, 0.29) is 0 Å². The Morgan fingerprint density at radius 3 is 2.79 bits per heavy atom. The van der Waals surface area contributed by atoms with Crippen molar-refractivity contribution in [2.45, 2.75) is 20.4 Å². The molecule has 0 aliphatic carbocycles. The highest BCUT2D eigenvalue weighted by molar-refractivity contribution is 5.22. The van der Waals surface area contributed by atoms with E-state index in [0.717, 1.165) is 12.2 Å². The number of aromatic nitrogens is 1. The molecule has 0 N–H and O–H groups in total. The van der Waals surface area contributed by atoms with Gasteiger partial charge in [-0.05, 0) is 32.0 Å². The van der Waals surface area contributed by atoms with Crippen molar-refractivity contribution < 1.29 is 0 Å². The normalized spacial score (nSPS) is 10.2. The van der Waals surface area contributed by atoms with E-state index in [2.05, 4.69) is 28.8 Å². The maximum absolute atomic E-state index is 5.23. The second kappa shape index (κ2) is 4.78. The lowest BCUT2D eigenvalue weighted by Gasteiger charge is -2.13. The minimum atomic E-state index is 0.674. The van der Waals surface area contributed by atoms with Crippen LogP contribution in [0.3, 0.4) is 0 Å². The molecule has 0 bridgehead atoms. The maximum atomic E-state index is 5.23. The molecule has 2 heteroatoms. The van der Waals surface area contributed by atoms with Crippen LogP contribution in [0.4, 0.5) is 0 Å². The third-order valence-electron chi connectivity index (χ3n) is 2.21. The molecule has 0 amide bonds. The van der Waals surface area contributed by atoms with Crippen LogP contribution in [0, 0.1) is 26.2 Å². The molecule has 2 nitrogen and oxygen atoms in total. The van der Waals surface area contributed by atoms with Crippen molar-refractivity contribution in [1.29, 1.82) is 0 Å². The molecule has 0 unspecified atom stereocenters. The highest BCUT2D eigenvalue weighted by atomic mass is 15.1. The summed E-state index contributed by atoms with van der Waals surface area (Å²) in [5.74, 6) is 2.62. The molecule has 0 spiro atoms. The van der Waals surface area contributed by atoms with Crippen LogP contribution in [-0.2, 0) is 6.54 Å². The van der Waals surface area contributed by atoms with Gasteiger partial charge < -0.3 is 0 Å². The Morgan fingerprint density at radius 1 is 1.50 bits per heavy atom. The van der Waals surface area contributed by atoms with Gasteiger partial charge in [-0.25, -0.2) is 0 Å². The molecule has 1 rings (SSSR count). The lowest BCUT2D eigenvalue weighted by atomic mass is 10.1. The largest absolute Gasteiger partial charge is 0.291 e. The Bertz CT molecular complexity index is 350. The molecule has 0 radical (unpaired) electrons. The van der Waals surface area contributed by atoms with E-state index < -0.39 is 0 Å². The fourth-order valence-corrected chi connectivity index (χ4v) is 1.31. The van der Waals surface area contributed by atoms with E-state index in [1.54, 1.807) is 0 Å². The Hall–Kier alpha value is -1.33. The number of terminal acetylenes is 1. The molecule has 0 saturated carbocycles. The predicted octanol–water partition coefficient (Wildman–Crippen LogP) is 1.76. The number of hydrogen-bond donors (Lipinski definition) is 0. The van der Waals surface area contributed by atoms with Crippen LogP contribution in [0.1, 0.15) is 16.8 Å². The average molecular weight is 188 g/mol. The molecule has 1 aromatic heterocycles. The van der Waals surface area contributed by atoms with Gasteiger partial charge in [0, 0.05) is 18.4 Å². The Morgan fingerprint density at radius 2 is 2.21 bits per heavy atom. The monoisotopic (exact) mass is 188 g/mol. The van der Waals surface area contributed by atoms with E-state index >= 15 is 0 Å². The lowest BCUT2D eigenvalue weighted by molar-refractivity contribution is 0.368. The standard InChI is InChI=1S/C12H16N2/c1-5-6-14(4)9-12-7-10(2)11(3)13-8-12/h1,7-8H,6,9H2,2-4H3. The average Bonchev–Trinajstić information content (AvgIpc) is 2.12. The van der Waals surface area contributed by atoms with Crippen molar-refractivity contribution in [3.63, 3.8) is 0 Å². The van der Waals surface area contributed by atoms with Crippen molar-refractivity contribution in [3.8, 4) is 12.3 Å². The van der Waals surface area contributed by atoms with Crippen LogP contribution < -0.4 is 0 Å². The van der Waals surface area contributed by atoms with E-state index in [0.29, 0.717) is 6.54 Å². The first kappa shape index (κ1) is 10.7. The quantitative estimate of drug-likeness (QED) is 0.672. The summed E-state index contributed by atoms with van der Waals surface area (Å²) in [4.78, 5) is 6.40. The summed E-state index contributed by atoms with van der Waals surface area (Å²) in [5, 5.41) is 0. The lowest BCUT2D eigenvalue weighted by Crippen LogP contribution is -2.18. The number of aryl methyl sites for hydroxylation is 2. The van der Waals surface area contributed by atoms with Gasteiger partial charge >= 0.3 is 0 Å². The van der Waals surface area contributed by atoms with E-state index in [1.807, 2.05) is 20.2 Å². The van der Waals surface area contributed by atoms with E-state index in [4.69, 9.17) is 6.42 Å². The van der Waals surface area contributed by atoms with Crippen LogP contribution in [0.25, 0.3) is 0 Å². The minimum absolute atomic E-state index is 0.674. The molecule has 74 valence electrons. The molecule has 1 aromatic rings. The van der Waals surface area contributed by atoms with Gasteiger partial charge in [0.05, 0.1) is 6.54 Å². The van der Waals surface area contributed by atoms with Gasteiger partial charge in [-0.2, -0.15) is 0 Å². The zero-order valence-corrected chi connectivity index (χ0v) is 9.04. The van der Waals surface area contributed by atoms with Crippen LogP contribution >= 0.6 is 0 Å². The first-order valence-electron chi connectivity index (χ1n) is 4.67. The van der Waals surface area contributed by atoms with Crippen LogP contribution in [0.2, 0.25) is 0 Å². The molecule has 1 heterocycles. The summed E-state index contributed by atoms with van der Waals surface area (Å²) < 4.78 is 0. The third-order valence-corrected chi connectivity index (χ3v) is 2.21. The highest BCUT2D eigenvalue weighted by Crippen LogP contribution is 2.07. The molecule has 0 aliphatic rings. The Labute approximate surface area is 86.0 Å². The van der Waals surface area contributed by atoms with Crippen molar-refractivity contribution in [1.82, 2.24) is 9.88 Å². The van der Waals surface area contributed by atoms with E-state index in [1.165, 1.54) is 11.1 Å². The molecular weight excluding hydrogens is 172 g/mol. The fraction of sp³-hybridized carbons (Fsp3) is 0.417. The first-order valence-corrected chi connectivity index (χ1v) is 4.67. The third kappa shape index (κ3) is 2.86. The highest BCUT2D eigenvalue weighted by Gasteiger charge is 2.00. The first-order chi connectivity index (χ1) is 6.63. The fourth-order valence-electron chi connectivity index (χ4n) is 1.31. The van der Waals surface area contributed by atoms with Crippen LogP contribution in [-0.4, -0.2) is 23.5 Å². The molecule has 0 aliphatic heterocycles. The Balaban J connectivity index is 2.69. The predicted molar refractivity (Wildman–Crippen MR) is 58.9 cm³/mol. The molecular formula is C12H16N2. The summed E-state index contributed by atoms with van der Waals surface area (Å²) in [5.41, 5.74) is 3.54. The number of pyridine rings is 1. The van der Waals surface area contributed by atoms with Crippen molar-refractivity contribution >= 4 is 0 Å². The summed E-state index contributed by atoms with van der Waals surface area (Å²) in [7, 11) is 2.01. The topological polar surface area (TPSA) is 16.1 Å². The molecule has 14 heavy (non-hydrogen) atoms. The second-order valence-electron chi connectivity index (χ2n) is 3.62. The summed E-state index contributed by atoms with van der Waals surface area (Å²) >= 11 is 0. The van der Waals surface area contributed by atoms with Gasteiger partial charge in [0.2, 0.25) is 0 Å². The minimum Gasteiger partial charge on any atom is -0.291 e. The molecule has 0 aromatic carbocycles. The summed E-state index contributed by atoms with van der Waals surface area (Å²) in [6.45, 7) is 5.63. The molecule has 0 saturated heterocycles. The number of hydrogen-bond acceptors (Lipinski definition) is 2. The maximum Gasteiger partial charge on any atom is 0.0599 e. The number of rotatable bonds is 3. The van der Waals surface area contributed by atoms with Crippen molar-refractivity contribution in [2.75, 3.05) is 13.6 Å². The van der Waals surface area contributed by atoms with Gasteiger partial charge in [0.15, 0.2) is 0 Å². The number of nitrogens with zero attached hydrogens (tertiary/aromatic N) is 2. The zero-order chi connectivity index (χ0) is 10.6. The summed E-state index contributed by atoms with van der Waals surface area (Å²) in [6.07, 6.45) is 7.14. The van der Waals surface area contributed by atoms with Crippen molar-refractivity contribution in [2.24, 2.45) is 0 Å². The van der Waals surface area contributed by atoms with E-state index in [9.17, 15) is 0 Å². The summed E-state index contributed by atoms with van der Waals surface area (Å²) in [6, 6.07) is 2.16. The van der Waals surface area contributed by atoms with Gasteiger partial charge in [-0.15, -0.1) is 6.42 Å². The second-order valence-corrected chi connectivity index (χ2v) is 3.62.